The molecule has 6 nitrogen and oxygen atoms in total. The monoisotopic (exact) mass is 407 g/mol. The van der Waals surface area contributed by atoms with Gasteiger partial charge in [-0.15, -0.1) is 10.2 Å². The summed E-state index contributed by atoms with van der Waals surface area (Å²) in [6.07, 6.45) is 5.13. The third kappa shape index (κ3) is 5.04. The molecule has 1 aromatic heterocycles. The van der Waals surface area contributed by atoms with Crippen molar-refractivity contribution in [1.82, 2.24) is 15.1 Å². The molecule has 2 aromatic rings. The topological polar surface area (TPSA) is 68.5 Å². The van der Waals surface area contributed by atoms with Crippen LogP contribution < -0.4 is 4.74 Å². The molecule has 1 heterocycles. The van der Waals surface area contributed by atoms with Crippen LogP contribution in [0.25, 0.3) is 0 Å². The number of thioether (sulfide) groups is 1. The molecule has 0 N–H and O–H groups in total. The van der Waals surface area contributed by atoms with Crippen LogP contribution in [0.4, 0.5) is 4.39 Å². The van der Waals surface area contributed by atoms with E-state index in [0.29, 0.717) is 11.3 Å². The molecule has 1 fully saturated rings. The van der Waals surface area contributed by atoms with Crippen LogP contribution in [0.5, 0.6) is 5.75 Å². The number of para-hydroxylation sites is 1. The fourth-order valence-electron chi connectivity index (χ4n) is 3.35. The highest BCUT2D eigenvalue weighted by Gasteiger charge is 2.28. The van der Waals surface area contributed by atoms with Crippen LogP contribution in [0.1, 0.15) is 57.9 Å². The largest absolute Gasteiger partial charge is 0.478 e. The quantitative estimate of drug-likeness (QED) is 0.624. The van der Waals surface area contributed by atoms with Crippen molar-refractivity contribution in [3.05, 3.63) is 36.0 Å². The Labute approximate surface area is 168 Å². The van der Waals surface area contributed by atoms with Gasteiger partial charge in [0.05, 0.1) is 5.25 Å². The minimum Gasteiger partial charge on any atom is -0.478 e. The van der Waals surface area contributed by atoms with E-state index >= 15 is 0 Å². The number of hydrogen-bond donors (Lipinski definition) is 0. The van der Waals surface area contributed by atoms with Crippen LogP contribution in [-0.2, 0) is 4.79 Å². The number of ether oxygens (including phenoxy) is 1. The first-order valence-corrected chi connectivity index (χ1v) is 10.5. The summed E-state index contributed by atoms with van der Waals surface area (Å²) in [5, 5.41) is 7.95. The lowest BCUT2D eigenvalue weighted by atomic mass is 9.94. The smallest absolute Gasteiger partial charge is 0.277 e. The molecule has 1 aliphatic rings. The Balaban J connectivity index is 1.57. The summed E-state index contributed by atoms with van der Waals surface area (Å²) in [7, 11) is 1.87. The van der Waals surface area contributed by atoms with Crippen molar-refractivity contribution in [3.8, 4) is 5.75 Å². The summed E-state index contributed by atoms with van der Waals surface area (Å²) < 4.78 is 24.9. The van der Waals surface area contributed by atoms with Gasteiger partial charge in [0.15, 0.2) is 17.7 Å². The zero-order chi connectivity index (χ0) is 20.1. The van der Waals surface area contributed by atoms with Crippen LogP contribution in [-0.4, -0.2) is 39.3 Å². The van der Waals surface area contributed by atoms with Gasteiger partial charge in [-0.05, 0) is 38.8 Å². The summed E-state index contributed by atoms with van der Waals surface area (Å²) in [5.41, 5.74) is 0. The van der Waals surface area contributed by atoms with Crippen molar-refractivity contribution >= 4 is 17.7 Å². The molecular formula is C20H26FN3O3S. The van der Waals surface area contributed by atoms with Gasteiger partial charge in [-0.25, -0.2) is 4.39 Å². The first-order valence-electron chi connectivity index (χ1n) is 9.63. The maximum atomic E-state index is 13.7. The van der Waals surface area contributed by atoms with Gasteiger partial charge in [0.25, 0.3) is 11.1 Å². The number of carbonyl (C=O) groups excluding carboxylic acids is 1. The molecule has 2 atom stereocenters. The van der Waals surface area contributed by atoms with Crippen molar-refractivity contribution < 1.29 is 18.3 Å². The van der Waals surface area contributed by atoms with Gasteiger partial charge in [-0.1, -0.05) is 43.2 Å². The highest BCUT2D eigenvalue weighted by molar-refractivity contribution is 8.00. The Morgan fingerprint density at radius 2 is 1.96 bits per heavy atom. The van der Waals surface area contributed by atoms with Crippen molar-refractivity contribution in [3.63, 3.8) is 0 Å². The van der Waals surface area contributed by atoms with Gasteiger partial charge in [0.1, 0.15) is 0 Å². The predicted octanol–water partition coefficient (Wildman–Crippen LogP) is 4.62. The second-order valence-electron chi connectivity index (χ2n) is 7.10. The van der Waals surface area contributed by atoms with Crippen molar-refractivity contribution in [2.75, 3.05) is 7.05 Å². The van der Waals surface area contributed by atoms with Crippen molar-refractivity contribution in [1.29, 1.82) is 0 Å². The van der Waals surface area contributed by atoms with Crippen molar-refractivity contribution in [2.24, 2.45) is 0 Å². The lowest BCUT2D eigenvalue weighted by Gasteiger charge is -2.32. The van der Waals surface area contributed by atoms with Crippen LogP contribution in [0, 0.1) is 5.82 Å². The van der Waals surface area contributed by atoms with Gasteiger partial charge in [0, 0.05) is 13.1 Å². The molecule has 1 aromatic carbocycles. The summed E-state index contributed by atoms with van der Waals surface area (Å²) in [6.45, 7) is 3.55. The first-order chi connectivity index (χ1) is 13.5. The standard InChI is InChI=1S/C20H26FN3O3S/c1-13(26-17-12-8-7-11-16(17)21)18-22-23-20(27-18)28-14(2)19(25)24(3)15-9-5-4-6-10-15/h7-8,11-15H,4-6,9-10H2,1-3H3/t13-,14-/m1/s1. The maximum Gasteiger partial charge on any atom is 0.277 e. The number of aromatic nitrogens is 2. The summed E-state index contributed by atoms with van der Waals surface area (Å²) in [4.78, 5) is 14.6. The minimum atomic E-state index is -0.602. The number of rotatable bonds is 7. The van der Waals surface area contributed by atoms with E-state index in [1.807, 2.05) is 18.9 Å². The zero-order valence-corrected chi connectivity index (χ0v) is 17.2. The predicted molar refractivity (Wildman–Crippen MR) is 105 cm³/mol. The normalized spacial score (nSPS) is 17.1. The average molecular weight is 408 g/mol. The van der Waals surface area contributed by atoms with Gasteiger partial charge in [0.2, 0.25) is 5.91 Å². The van der Waals surface area contributed by atoms with Crippen LogP contribution in [0.2, 0.25) is 0 Å². The Hall–Kier alpha value is -2.09. The number of carbonyl (C=O) groups is 1. The first kappa shape index (κ1) is 20.6. The third-order valence-corrected chi connectivity index (χ3v) is 5.93. The number of nitrogens with zero attached hydrogens (tertiary/aromatic N) is 3. The zero-order valence-electron chi connectivity index (χ0n) is 16.4. The lowest BCUT2D eigenvalue weighted by Crippen LogP contribution is -2.42. The molecule has 28 heavy (non-hydrogen) atoms. The summed E-state index contributed by atoms with van der Waals surface area (Å²) in [6, 6.07) is 6.47. The SMILES string of the molecule is C[C@@H](Sc1nnc([C@@H](C)Oc2ccccc2F)o1)C(=O)N(C)C1CCCCC1. The highest BCUT2D eigenvalue weighted by Crippen LogP contribution is 2.29. The van der Waals surface area contributed by atoms with Gasteiger partial charge < -0.3 is 14.1 Å². The van der Waals surface area contributed by atoms with E-state index in [2.05, 4.69) is 10.2 Å². The molecule has 0 bridgehead atoms. The summed E-state index contributed by atoms with van der Waals surface area (Å²) >= 11 is 1.23. The Kier molecular flexibility index (Phi) is 6.93. The van der Waals surface area contributed by atoms with Crippen LogP contribution in [0.15, 0.2) is 33.9 Å². The Morgan fingerprint density at radius 1 is 1.25 bits per heavy atom. The van der Waals surface area contributed by atoms with E-state index in [9.17, 15) is 9.18 Å². The number of hydrogen-bond acceptors (Lipinski definition) is 6. The second-order valence-corrected chi connectivity index (χ2v) is 8.39. The molecule has 1 amide bonds. The van der Waals surface area contributed by atoms with Crippen LogP contribution in [0.3, 0.4) is 0 Å². The molecule has 152 valence electrons. The molecule has 0 radical (unpaired) electrons. The molecule has 1 aliphatic carbocycles. The van der Waals surface area contributed by atoms with E-state index in [4.69, 9.17) is 9.15 Å². The molecule has 0 spiro atoms. The minimum absolute atomic E-state index is 0.0623. The van der Waals surface area contributed by atoms with E-state index in [1.165, 1.54) is 37.1 Å². The molecule has 0 aliphatic heterocycles. The van der Waals surface area contributed by atoms with Crippen molar-refractivity contribution in [2.45, 2.75) is 68.6 Å². The van der Waals surface area contributed by atoms with Gasteiger partial charge >= 0.3 is 0 Å². The van der Waals surface area contributed by atoms with Crippen LogP contribution >= 0.6 is 11.8 Å². The number of benzene rings is 1. The summed E-state index contributed by atoms with van der Waals surface area (Å²) in [5.74, 6) is -0.0215. The Morgan fingerprint density at radius 3 is 2.68 bits per heavy atom. The average Bonchev–Trinajstić information content (AvgIpc) is 3.18. The lowest BCUT2D eigenvalue weighted by molar-refractivity contribution is -0.131. The molecule has 8 heteroatoms. The Bertz CT molecular complexity index is 795. The highest BCUT2D eigenvalue weighted by atomic mass is 32.2. The molecule has 1 saturated carbocycles. The molecule has 0 saturated heterocycles. The molecule has 3 rings (SSSR count). The van der Waals surface area contributed by atoms with Gasteiger partial charge in [-0.3, -0.25) is 4.79 Å². The number of amides is 1. The van der Waals surface area contributed by atoms with E-state index in [1.54, 1.807) is 25.1 Å². The van der Waals surface area contributed by atoms with E-state index in [-0.39, 0.29) is 22.8 Å². The van der Waals surface area contributed by atoms with E-state index in [0.717, 1.165) is 12.8 Å². The molecule has 0 unspecified atom stereocenters. The fraction of sp³-hybridized carbons (Fsp3) is 0.550. The van der Waals surface area contributed by atoms with Gasteiger partial charge in [-0.2, -0.15) is 0 Å². The molecular weight excluding hydrogens is 381 g/mol. The second kappa shape index (κ2) is 9.41. The number of halogens is 1. The maximum absolute atomic E-state index is 13.7. The fourth-order valence-corrected chi connectivity index (χ4v) is 4.14. The third-order valence-electron chi connectivity index (χ3n) is 5.01. The van der Waals surface area contributed by atoms with E-state index < -0.39 is 11.9 Å².